The highest BCUT2D eigenvalue weighted by atomic mass is 19.3. The van der Waals surface area contributed by atoms with Gasteiger partial charge in [-0.3, -0.25) is 0 Å². The third-order valence-electron chi connectivity index (χ3n) is 4.88. The molecule has 1 aromatic rings. The van der Waals surface area contributed by atoms with E-state index in [-0.39, 0.29) is 24.5 Å². The molecule has 0 heterocycles. The van der Waals surface area contributed by atoms with Crippen LogP contribution in [-0.4, -0.2) is 6.11 Å². The van der Waals surface area contributed by atoms with Gasteiger partial charge in [0, 0.05) is 6.42 Å². The molecule has 5 heteroatoms. The van der Waals surface area contributed by atoms with Gasteiger partial charge in [-0.15, -0.1) is 6.58 Å². The van der Waals surface area contributed by atoms with E-state index in [9.17, 15) is 13.2 Å². The number of benzene rings is 1. The highest BCUT2D eigenvalue weighted by Gasteiger charge is 2.35. The summed E-state index contributed by atoms with van der Waals surface area (Å²) in [5, 5.41) is 8.67. The van der Waals surface area contributed by atoms with Gasteiger partial charge >= 0.3 is 6.11 Å². The summed E-state index contributed by atoms with van der Waals surface area (Å²) < 4.78 is 46.4. The molecule has 1 aliphatic rings. The van der Waals surface area contributed by atoms with Crippen molar-refractivity contribution in [2.45, 2.75) is 57.7 Å². The van der Waals surface area contributed by atoms with Crippen molar-refractivity contribution in [3.8, 4) is 6.07 Å². The molecule has 0 aromatic heterocycles. The molecular formula is C20H24F3NO. The van der Waals surface area contributed by atoms with Crippen LogP contribution in [0.3, 0.4) is 0 Å². The maximum atomic E-state index is 14.1. The van der Waals surface area contributed by atoms with Crippen molar-refractivity contribution in [2.24, 2.45) is 11.8 Å². The third-order valence-corrected chi connectivity index (χ3v) is 4.88. The number of hydrogen-bond donors (Lipinski definition) is 0. The highest BCUT2D eigenvalue weighted by Crippen LogP contribution is 2.38. The Morgan fingerprint density at radius 2 is 1.92 bits per heavy atom. The number of halogens is 3. The summed E-state index contributed by atoms with van der Waals surface area (Å²) in [4.78, 5) is 0. The van der Waals surface area contributed by atoms with E-state index in [2.05, 4.69) is 6.58 Å². The molecule has 1 aromatic carbocycles. The summed E-state index contributed by atoms with van der Waals surface area (Å²) in [6.45, 7) is 3.34. The van der Waals surface area contributed by atoms with Gasteiger partial charge < -0.3 is 4.74 Å². The number of hydrogen-bond acceptors (Lipinski definition) is 2. The maximum absolute atomic E-state index is 14.1. The molecule has 25 heavy (non-hydrogen) atoms. The predicted molar refractivity (Wildman–Crippen MR) is 90.3 cm³/mol. The van der Waals surface area contributed by atoms with Gasteiger partial charge in [0.2, 0.25) is 0 Å². The van der Waals surface area contributed by atoms with Crippen LogP contribution >= 0.6 is 0 Å². The highest BCUT2D eigenvalue weighted by molar-refractivity contribution is 5.33. The molecule has 0 radical (unpaired) electrons. The van der Waals surface area contributed by atoms with Crippen LogP contribution in [-0.2, 0) is 11.3 Å². The second-order valence-electron chi connectivity index (χ2n) is 6.81. The van der Waals surface area contributed by atoms with Crippen molar-refractivity contribution >= 4 is 0 Å². The summed E-state index contributed by atoms with van der Waals surface area (Å²) >= 11 is 0. The lowest BCUT2D eigenvalue weighted by molar-refractivity contribution is -0.256. The molecular weight excluding hydrogens is 327 g/mol. The predicted octanol–water partition coefficient (Wildman–Crippen LogP) is 5.97. The van der Waals surface area contributed by atoms with Crippen molar-refractivity contribution in [2.75, 3.05) is 0 Å². The van der Waals surface area contributed by atoms with Crippen molar-refractivity contribution in [1.29, 1.82) is 5.26 Å². The molecule has 2 rings (SSSR count). The largest absolute Gasteiger partial charge is 0.356 e. The maximum Gasteiger partial charge on any atom is 0.356 e. The van der Waals surface area contributed by atoms with E-state index < -0.39 is 11.9 Å². The standard InChI is InChI=1S/C20H24F3NO/c1-2-3-4-15-5-7-16(8-6-15)12-20(22,23)25-14-17-9-10-18(13-24)19(21)11-17/h2,9-11,15-16H,1,3-8,12,14H2. The quantitative estimate of drug-likeness (QED) is 0.541. The van der Waals surface area contributed by atoms with Crippen molar-refractivity contribution in [3.05, 3.63) is 47.8 Å². The summed E-state index contributed by atoms with van der Waals surface area (Å²) in [5.74, 6) is -0.136. The van der Waals surface area contributed by atoms with Crippen LogP contribution in [0.15, 0.2) is 30.9 Å². The molecule has 0 bridgehead atoms. The number of nitriles is 1. The molecule has 0 unspecified atom stereocenters. The van der Waals surface area contributed by atoms with E-state index in [1.807, 2.05) is 6.08 Å². The Bertz CT molecular complexity index is 616. The number of rotatable bonds is 8. The third kappa shape index (κ3) is 6.21. The van der Waals surface area contributed by atoms with E-state index in [1.165, 1.54) is 12.1 Å². The SMILES string of the molecule is C=CCCC1CCC(CC(F)(F)OCc2ccc(C#N)c(F)c2)CC1. The Morgan fingerprint density at radius 1 is 1.24 bits per heavy atom. The van der Waals surface area contributed by atoms with E-state index in [1.54, 1.807) is 6.07 Å². The van der Waals surface area contributed by atoms with E-state index in [0.29, 0.717) is 11.5 Å². The van der Waals surface area contributed by atoms with Crippen LogP contribution in [0.5, 0.6) is 0 Å². The average molecular weight is 351 g/mol. The molecule has 0 spiro atoms. The monoisotopic (exact) mass is 351 g/mol. The zero-order valence-electron chi connectivity index (χ0n) is 14.3. The fourth-order valence-corrected chi connectivity index (χ4v) is 3.40. The molecule has 1 fully saturated rings. The Kier molecular flexibility index (Phi) is 7.07. The van der Waals surface area contributed by atoms with E-state index in [4.69, 9.17) is 10.00 Å². The first-order valence-electron chi connectivity index (χ1n) is 8.74. The minimum atomic E-state index is -3.22. The Hall–Kier alpha value is -1.80. The van der Waals surface area contributed by atoms with Gasteiger partial charge in [0.15, 0.2) is 0 Å². The van der Waals surface area contributed by atoms with Crippen LogP contribution in [0.1, 0.15) is 56.1 Å². The molecule has 1 aliphatic carbocycles. The molecule has 2 nitrogen and oxygen atoms in total. The molecule has 0 saturated heterocycles. The average Bonchev–Trinajstić information content (AvgIpc) is 2.59. The Morgan fingerprint density at radius 3 is 2.52 bits per heavy atom. The lowest BCUT2D eigenvalue weighted by atomic mass is 9.78. The second kappa shape index (κ2) is 9.05. The van der Waals surface area contributed by atoms with Crippen LogP contribution in [0.4, 0.5) is 13.2 Å². The van der Waals surface area contributed by atoms with Crippen molar-refractivity contribution in [1.82, 2.24) is 0 Å². The Labute approximate surface area is 147 Å². The van der Waals surface area contributed by atoms with E-state index >= 15 is 0 Å². The molecule has 1 saturated carbocycles. The zero-order chi connectivity index (χ0) is 18.3. The molecule has 0 atom stereocenters. The number of alkyl halides is 2. The lowest BCUT2D eigenvalue weighted by Crippen LogP contribution is -2.27. The van der Waals surface area contributed by atoms with Crippen LogP contribution < -0.4 is 0 Å². The zero-order valence-corrected chi connectivity index (χ0v) is 14.3. The van der Waals surface area contributed by atoms with Crippen LogP contribution in [0, 0.1) is 29.0 Å². The van der Waals surface area contributed by atoms with Crippen molar-refractivity contribution in [3.63, 3.8) is 0 Å². The van der Waals surface area contributed by atoms with Gasteiger partial charge in [-0.2, -0.15) is 14.0 Å². The van der Waals surface area contributed by atoms with E-state index in [0.717, 1.165) is 44.6 Å². The second-order valence-corrected chi connectivity index (χ2v) is 6.81. The summed E-state index contributed by atoms with van der Waals surface area (Å²) in [7, 11) is 0. The molecule has 136 valence electrons. The number of ether oxygens (including phenoxy) is 1. The van der Waals surface area contributed by atoms with Crippen LogP contribution in [0.2, 0.25) is 0 Å². The van der Waals surface area contributed by atoms with Gasteiger partial charge in [0.1, 0.15) is 11.9 Å². The van der Waals surface area contributed by atoms with Crippen LogP contribution in [0.25, 0.3) is 0 Å². The van der Waals surface area contributed by atoms with Gasteiger partial charge in [-0.05, 0) is 55.2 Å². The van der Waals surface area contributed by atoms with Gasteiger partial charge in [-0.1, -0.05) is 25.0 Å². The van der Waals surface area contributed by atoms with Crippen molar-refractivity contribution < 1.29 is 17.9 Å². The topological polar surface area (TPSA) is 33.0 Å². The fraction of sp³-hybridized carbons (Fsp3) is 0.550. The first kappa shape index (κ1) is 19.5. The van der Waals surface area contributed by atoms with Gasteiger partial charge in [0.25, 0.3) is 0 Å². The Balaban J connectivity index is 1.79. The summed E-state index contributed by atoms with van der Waals surface area (Å²) in [6, 6.07) is 5.47. The number of allylic oxidation sites excluding steroid dienone is 1. The molecule has 0 N–H and O–H groups in total. The summed E-state index contributed by atoms with van der Waals surface area (Å²) in [5.41, 5.74) is 0.188. The first-order valence-corrected chi connectivity index (χ1v) is 8.74. The smallest absolute Gasteiger partial charge is 0.316 e. The molecule has 0 aliphatic heterocycles. The number of nitrogens with zero attached hydrogens (tertiary/aromatic N) is 1. The fourth-order valence-electron chi connectivity index (χ4n) is 3.40. The minimum Gasteiger partial charge on any atom is -0.316 e. The van der Waals surface area contributed by atoms with Gasteiger partial charge in [-0.25, -0.2) is 4.39 Å². The minimum absolute atomic E-state index is 0.0346. The molecule has 0 amide bonds. The van der Waals surface area contributed by atoms with Gasteiger partial charge in [0.05, 0.1) is 12.2 Å². The normalized spacial score (nSPS) is 20.9. The first-order chi connectivity index (χ1) is 11.9. The summed E-state index contributed by atoms with van der Waals surface area (Å²) in [6.07, 6.45) is 4.02. The lowest BCUT2D eigenvalue weighted by Gasteiger charge is -2.30.